The fourth-order valence-electron chi connectivity index (χ4n) is 4.79. The highest BCUT2D eigenvalue weighted by atomic mass is 32.2. The number of ether oxygens (including phenoxy) is 1. The van der Waals surface area contributed by atoms with Crippen LogP contribution in [0, 0.1) is 5.92 Å². The van der Waals surface area contributed by atoms with E-state index in [0.29, 0.717) is 30.1 Å². The van der Waals surface area contributed by atoms with E-state index in [-0.39, 0.29) is 41.9 Å². The lowest BCUT2D eigenvalue weighted by Gasteiger charge is -2.34. The van der Waals surface area contributed by atoms with Gasteiger partial charge in [0, 0.05) is 36.8 Å². The number of aliphatic hydroxyl groups is 1. The summed E-state index contributed by atoms with van der Waals surface area (Å²) in [6, 6.07) is 23.0. The number of amides is 1. The van der Waals surface area contributed by atoms with Crippen molar-refractivity contribution in [2.75, 3.05) is 31.5 Å². The molecule has 8 nitrogen and oxygen atoms in total. The molecule has 1 aliphatic rings. The van der Waals surface area contributed by atoms with Crippen LogP contribution >= 0.6 is 0 Å². The Morgan fingerprint density at radius 3 is 2.41 bits per heavy atom. The molecule has 3 aromatic carbocycles. The standard InChI is InChI=1S/C30H37N3O5S/c1-22-18-33(23(2)21-34)30(35)17-25-16-26(31-39(36,37)27-12-8-5-9-13-27)14-15-28(25)38-29(22)20-32(3)19-24-10-6-4-7-11-24/h4-16,22-23,29,31,34H,17-21H2,1-3H3/t22-,23+,29-/m0/s1. The number of aliphatic hydroxyl groups excluding tert-OH is 1. The Hall–Kier alpha value is -3.40. The van der Waals surface area contributed by atoms with E-state index in [1.165, 1.54) is 17.7 Å². The van der Waals surface area contributed by atoms with Gasteiger partial charge in [0.1, 0.15) is 11.9 Å². The monoisotopic (exact) mass is 551 g/mol. The summed E-state index contributed by atoms with van der Waals surface area (Å²) in [6.07, 6.45) is -0.219. The molecule has 0 spiro atoms. The van der Waals surface area contributed by atoms with E-state index >= 15 is 0 Å². The molecule has 4 rings (SSSR count). The molecule has 1 amide bonds. The molecule has 0 unspecified atom stereocenters. The molecular weight excluding hydrogens is 514 g/mol. The highest BCUT2D eigenvalue weighted by Crippen LogP contribution is 2.30. The SMILES string of the molecule is C[C@H](CO)N1C[C@H](C)[C@H](CN(C)Cc2ccccc2)Oc2ccc(NS(=O)(=O)c3ccccc3)cc2CC1=O. The van der Waals surface area contributed by atoms with Crippen LogP contribution in [0.15, 0.2) is 83.8 Å². The quantitative estimate of drug-likeness (QED) is 0.420. The number of carbonyl (C=O) groups excluding carboxylic acids is 1. The van der Waals surface area contributed by atoms with Gasteiger partial charge in [-0.1, -0.05) is 55.5 Å². The molecule has 0 radical (unpaired) electrons. The highest BCUT2D eigenvalue weighted by Gasteiger charge is 2.31. The maximum absolute atomic E-state index is 13.4. The Morgan fingerprint density at radius 1 is 1.08 bits per heavy atom. The van der Waals surface area contributed by atoms with Gasteiger partial charge in [-0.15, -0.1) is 0 Å². The van der Waals surface area contributed by atoms with Crippen molar-refractivity contribution in [3.05, 3.63) is 90.0 Å². The van der Waals surface area contributed by atoms with Gasteiger partial charge in [0.15, 0.2) is 0 Å². The second-order valence-corrected chi connectivity index (χ2v) is 12.0. The van der Waals surface area contributed by atoms with Crippen molar-refractivity contribution in [1.82, 2.24) is 9.80 Å². The number of nitrogens with zero attached hydrogens (tertiary/aromatic N) is 2. The molecule has 0 fully saturated rings. The van der Waals surface area contributed by atoms with Crippen molar-refractivity contribution in [3.8, 4) is 5.75 Å². The minimum atomic E-state index is -3.80. The number of benzene rings is 3. The lowest BCUT2D eigenvalue weighted by molar-refractivity contribution is -0.134. The summed E-state index contributed by atoms with van der Waals surface area (Å²) in [5, 5.41) is 9.86. The normalized spacial score (nSPS) is 18.9. The van der Waals surface area contributed by atoms with Crippen molar-refractivity contribution in [1.29, 1.82) is 0 Å². The van der Waals surface area contributed by atoms with E-state index in [2.05, 4.69) is 28.7 Å². The van der Waals surface area contributed by atoms with Crippen LogP contribution in [0.25, 0.3) is 0 Å². The van der Waals surface area contributed by atoms with Crippen LogP contribution in [0.1, 0.15) is 25.0 Å². The number of anilines is 1. The zero-order chi connectivity index (χ0) is 28.0. The summed E-state index contributed by atoms with van der Waals surface area (Å²) >= 11 is 0. The van der Waals surface area contributed by atoms with Crippen LogP contribution in [-0.4, -0.2) is 68.1 Å². The van der Waals surface area contributed by atoms with Crippen LogP contribution in [0.4, 0.5) is 5.69 Å². The van der Waals surface area contributed by atoms with Gasteiger partial charge >= 0.3 is 0 Å². The topological polar surface area (TPSA) is 99.2 Å². The first-order chi connectivity index (χ1) is 18.7. The molecular formula is C30H37N3O5S. The number of carbonyl (C=O) groups is 1. The number of likely N-dealkylation sites (N-methyl/N-ethyl adjacent to an activating group) is 1. The maximum Gasteiger partial charge on any atom is 0.261 e. The molecule has 1 heterocycles. The zero-order valence-corrected chi connectivity index (χ0v) is 23.5. The van der Waals surface area contributed by atoms with Gasteiger partial charge < -0.3 is 14.7 Å². The average Bonchev–Trinajstić information content (AvgIpc) is 2.96. The third-order valence-corrected chi connectivity index (χ3v) is 8.41. The summed E-state index contributed by atoms with van der Waals surface area (Å²) in [4.78, 5) is 17.5. The number of sulfonamides is 1. The minimum Gasteiger partial charge on any atom is -0.488 e. The molecule has 3 atom stereocenters. The highest BCUT2D eigenvalue weighted by molar-refractivity contribution is 7.92. The second-order valence-electron chi connectivity index (χ2n) is 10.3. The van der Waals surface area contributed by atoms with Crippen molar-refractivity contribution < 1.29 is 23.1 Å². The molecule has 3 aromatic rings. The van der Waals surface area contributed by atoms with Crippen molar-refractivity contribution >= 4 is 21.6 Å². The van der Waals surface area contributed by atoms with Crippen LogP contribution < -0.4 is 9.46 Å². The van der Waals surface area contributed by atoms with Gasteiger partial charge in [-0.25, -0.2) is 8.42 Å². The first-order valence-electron chi connectivity index (χ1n) is 13.2. The van der Waals surface area contributed by atoms with Gasteiger partial charge in [0.05, 0.1) is 24.0 Å². The van der Waals surface area contributed by atoms with E-state index in [4.69, 9.17) is 4.74 Å². The Morgan fingerprint density at radius 2 is 1.74 bits per heavy atom. The maximum atomic E-state index is 13.4. The summed E-state index contributed by atoms with van der Waals surface area (Å²) < 4.78 is 35.0. The Bertz CT molecular complexity index is 1350. The molecule has 0 saturated heterocycles. The third kappa shape index (κ3) is 7.38. The lowest BCUT2D eigenvalue weighted by Crippen LogP contribution is -2.47. The molecule has 0 saturated carbocycles. The summed E-state index contributed by atoms with van der Waals surface area (Å²) in [7, 11) is -1.76. The van der Waals surface area contributed by atoms with Gasteiger partial charge in [-0.2, -0.15) is 0 Å². The molecule has 0 bridgehead atoms. The van der Waals surface area contributed by atoms with Crippen LogP contribution in [0.3, 0.4) is 0 Å². The predicted molar refractivity (Wildman–Crippen MR) is 152 cm³/mol. The smallest absolute Gasteiger partial charge is 0.261 e. The van der Waals surface area contributed by atoms with Crippen LogP contribution in [0.5, 0.6) is 5.75 Å². The average molecular weight is 552 g/mol. The van der Waals surface area contributed by atoms with Crippen LogP contribution in [-0.2, 0) is 27.8 Å². The van der Waals surface area contributed by atoms with Gasteiger partial charge in [-0.05, 0) is 49.9 Å². The minimum absolute atomic E-state index is 0.0246. The van der Waals surface area contributed by atoms with Crippen molar-refractivity contribution in [2.45, 2.75) is 43.9 Å². The molecule has 0 aliphatic carbocycles. The predicted octanol–water partition coefficient (Wildman–Crippen LogP) is 3.77. The first-order valence-corrected chi connectivity index (χ1v) is 14.6. The van der Waals surface area contributed by atoms with E-state index in [1.807, 2.05) is 32.2 Å². The van der Waals surface area contributed by atoms with Crippen LogP contribution in [0.2, 0.25) is 0 Å². The molecule has 0 aromatic heterocycles. The van der Waals surface area contributed by atoms with Crippen molar-refractivity contribution in [3.63, 3.8) is 0 Å². The van der Waals surface area contributed by atoms with E-state index in [9.17, 15) is 18.3 Å². The molecule has 9 heteroatoms. The molecule has 1 aliphatic heterocycles. The Balaban J connectivity index is 1.63. The summed E-state index contributed by atoms with van der Waals surface area (Å²) in [6.45, 7) is 5.53. The molecule has 208 valence electrons. The Kier molecular flexibility index (Phi) is 9.27. The van der Waals surface area contributed by atoms with Gasteiger partial charge in [0.2, 0.25) is 5.91 Å². The fraction of sp³-hybridized carbons (Fsp3) is 0.367. The molecule has 39 heavy (non-hydrogen) atoms. The summed E-state index contributed by atoms with van der Waals surface area (Å²) in [5.41, 5.74) is 2.13. The van der Waals surface area contributed by atoms with Gasteiger partial charge in [-0.3, -0.25) is 14.4 Å². The largest absolute Gasteiger partial charge is 0.488 e. The number of hydrogen-bond donors (Lipinski definition) is 2. The number of rotatable bonds is 9. The second kappa shape index (κ2) is 12.6. The lowest BCUT2D eigenvalue weighted by atomic mass is 10.0. The third-order valence-electron chi connectivity index (χ3n) is 7.01. The molecule has 2 N–H and O–H groups in total. The first kappa shape index (κ1) is 28.6. The van der Waals surface area contributed by atoms with Gasteiger partial charge in [0.25, 0.3) is 10.0 Å². The summed E-state index contributed by atoms with van der Waals surface area (Å²) in [5.74, 6) is 0.382. The van der Waals surface area contributed by atoms with Crippen molar-refractivity contribution in [2.24, 2.45) is 5.92 Å². The van der Waals surface area contributed by atoms with E-state index < -0.39 is 10.0 Å². The Labute approximate surface area is 231 Å². The number of fused-ring (bicyclic) bond motifs is 1. The fourth-order valence-corrected chi connectivity index (χ4v) is 5.86. The number of nitrogens with one attached hydrogen (secondary N) is 1. The van der Waals surface area contributed by atoms with E-state index in [1.54, 1.807) is 41.3 Å². The number of hydrogen-bond acceptors (Lipinski definition) is 6. The zero-order valence-electron chi connectivity index (χ0n) is 22.7. The van der Waals surface area contributed by atoms with E-state index in [0.717, 1.165) is 6.54 Å².